The molecular formula is C12H18N3O-. The van der Waals surface area contributed by atoms with Crippen molar-refractivity contribution in [3.8, 4) is 0 Å². The molecule has 1 aromatic rings. The molecule has 0 aliphatic carbocycles. The van der Waals surface area contributed by atoms with Crippen LogP contribution < -0.4 is 5.32 Å². The normalized spacial score (nSPS) is 16.1. The molecule has 4 nitrogen and oxygen atoms in total. The molecule has 4 heteroatoms. The van der Waals surface area contributed by atoms with Gasteiger partial charge in [-0.1, -0.05) is 6.07 Å². The van der Waals surface area contributed by atoms with Crippen molar-refractivity contribution in [2.24, 2.45) is 0 Å². The van der Waals surface area contributed by atoms with Gasteiger partial charge in [-0.15, -0.1) is 0 Å². The van der Waals surface area contributed by atoms with E-state index in [1.165, 1.54) is 11.3 Å². The first-order valence-electron chi connectivity index (χ1n) is 5.64. The van der Waals surface area contributed by atoms with Crippen molar-refractivity contribution >= 4 is 0 Å². The number of nitrogens with zero attached hydrogens (tertiary/aromatic N) is 2. The zero-order valence-corrected chi connectivity index (χ0v) is 9.45. The topological polar surface area (TPSA) is 48.4 Å². The number of aromatic nitrogens is 1. The molecule has 0 atom stereocenters. The molecule has 2 N–H and O–H groups in total. The van der Waals surface area contributed by atoms with Crippen LogP contribution in [0.4, 0.5) is 0 Å². The van der Waals surface area contributed by atoms with Crippen LogP contribution in [0.15, 0.2) is 12.1 Å². The number of fused-ring (bicyclic) bond motifs is 1. The Morgan fingerprint density at radius 1 is 1.50 bits per heavy atom. The average molecular weight is 220 g/mol. The summed E-state index contributed by atoms with van der Waals surface area (Å²) in [5.74, 6) is 0. The predicted molar refractivity (Wildman–Crippen MR) is 62.5 cm³/mol. The summed E-state index contributed by atoms with van der Waals surface area (Å²) in [6, 6.07) is 4.18. The van der Waals surface area contributed by atoms with E-state index in [4.69, 9.17) is 5.11 Å². The predicted octanol–water partition coefficient (Wildman–Crippen LogP) is 0.313. The van der Waals surface area contributed by atoms with Gasteiger partial charge in [0.15, 0.2) is 0 Å². The van der Waals surface area contributed by atoms with Crippen molar-refractivity contribution in [1.82, 2.24) is 15.2 Å². The quantitative estimate of drug-likeness (QED) is 0.566. The Hall–Kier alpha value is -0.970. The standard InChI is InChI=1S/C12H18N3O/c1-15-6-4-12-10(9-15)2-3-11(14-12)8-13-5-7-16/h2-3,13,16H,1,4-9H2/q-1. The number of pyridine rings is 1. The van der Waals surface area contributed by atoms with Crippen LogP contribution in [0.2, 0.25) is 0 Å². The lowest BCUT2D eigenvalue weighted by molar-refractivity contribution is 0.291. The fraction of sp³-hybridized carbons (Fsp3) is 0.500. The molecule has 0 unspecified atom stereocenters. The highest BCUT2D eigenvalue weighted by Crippen LogP contribution is 2.16. The number of rotatable bonds is 4. The highest BCUT2D eigenvalue weighted by molar-refractivity contribution is 5.25. The van der Waals surface area contributed by atoms with E-state index in [-0.39, 0.29) is 6.61 Å². The first-order chi connectivity index (χ1) is 7.79. The third-order valence-electron chi connectivity index (χ3n) is 2.78. The fourth-order valence-corrected chi connectivity index (χ4v) is 1.91. The Kier molecular flexibility index (Phi) is 3.88. The minimum Gasteiger partial charge on any atom is -0.455 e. The van der Waals surface area contributed by atoms with E-state index in [1.54, 1.807) is 0 Å². The minimum absolute atomic E-state index is 0.168. The molecule has 0 saturated carbocycles. The molecule has 0 aromatic carbocycles. The maximum atomic E-state index is 8.67. The Balaban J connectivity index is 2.02. The first kappa shape index (κ1) is 11.5. The van der Waals surface area contributed by atoms with E-state index in [0.29, 0.717) is 6.54 Å². The van der Waals surface area contributed by atoms with Gasteiger partial charge in [-0.3, -0.25) is 12.0 Å². The second-order valence-electron chi connectivity index (χ2n) is 4.11. The van der Waals surface area contributed by atoms with Gasteiger partial charge in [0.2, 0.25) is 0 Å². The molecular weight excluding hydrogens is 202 g/mol. The van der Waals surface area contributed by atoms with Gasteiger partial charge in [0.05, 0.1) is 12.3 Å². The van der Waals surface area contributed by atoms with E-state index in [1.807, 2.05) is 6.07 Å². The highest BCUT2D eigenvalue weighted by atomic mass is 16.3. The summed E-state index contributed by atoms with van der Waals surface area (Å²) < 4.78 is 0. The molecule has 1 aromatic heterocycles. The maximum absolute atomic E-state index is 8.67. The van der Waals surface area contributed by atoms with E-state index in [0.717, 1.165) is 31.7 Å². The van der Waals surface area contributed by atoms with Gasteiger partial charge in [0.25, 0.3) is 0 Å². The van der Waals surface area contributed by atoms with Crippen LogP contribution in [0.1, 0.15) is 17.0 Å². The van der Waals surface area contributed by atoms with Crippen molar-refractivity contribution in [1.29, 1.82) is 0 Å². The minimum atomic E-state index is 0.168. The fourth-order valence-electron chi connectivity index (χ4n) is 1.91. The van der Waals surface area contributed by atoms with Gasteiger partial charge in [0, 0.05) is 25.2 Å². The molecule has 1 aliphatic heterocycles. The van der Waals surface area contributed by atoms with Gasteiger partial charge in [0.1, 0.15) is 0 Å². The Morgan fingerprint density at radius 3 is 3.19 bits per heavy atom. The van der Waals surface area contributed by atoms with Crippen LogP contribution in [0, 0.1) is 7.05 Å². The molecule has 16 heavy (non-hydrogen) atoms. The summed E-state index contributed by atoms with van der Waals surface area (Å²) in [7, 11) is 3.94. The van der Waals surface area contributed by atoms with E-state index >= 15 is 0 Å². The van der Waals surface area contributed by atoms with Gasteiger partial charge >= 0.3 is 0 Å². The highest BCUT2D eigenvalue weighted by Gasteiger charge is 2.11. The van der Waals surface area contributed by atoms with Crippen LogP contribution in [-0.4, -0.2) is 34.7 Å². The first-order valence-corrected chi connectivity index (χ1v) is 5.64. The lowest BCUT2D eigenvalue weighted by Crippen LogP contribution is -2.26. The Morgan fingerprint density at radius 2 is 2.38 bits per heavy atom. The summed E-state index contributed by atoms with van der Waals surface area (Å²) in [6.45, 7) is 3.38. The zero-order valence-electron chi connectivity index (χ0n) is 9.45. The van der Waals surface area contributed by atoms with Crippen LogP contribution in [0.5, 0.6) is 0 Å². The molecule has 0 bridgehead atoms. The van der Waals surface area contributed by atoms with Crippen molar-refractivity contribution in [3.05, 3.63) is 36.1 Å². The number of hydrogen-bond acceptors (Lipinski definition) is 4. The third-order valence-corrected chi connectivity index (χ3v) is 2.78. The molecule has 0 radical (unpaired) electrons. The molecule has 0 fully saturated rings. The lowest BCUT2D eigenvalue weighted by atomic mass is 10.1. The smallest absolute Gasteiger partial charge is 0.0556 e. The second kappa shape index (κ2) is 5.39. The third kappa shape index (κ3) is 2.78. The maximum Gasteiger partial charge on any atom is 0.0556 e. The molecule has 88 valence electrons. The number of aliphatic hydroxyl groups excluding tert-OH is 1. The van der Waals surface area contributed by atoms with Crippen molar-refractivity contribution < 1.29 is 5.11 Å². The van der Waals surface area contributed by atoms with E-state index < -0.39 is 0 Å². The van der Waals surface area contributed by atoms with Crippen LogP contribution >= 0.6 is 0 Å². The Bertz CT molecular complexity index is 354. The molecule has 2 rings (SSSR count). The average Bonchev–Trinajstić information content (AvgIpc) is 2.29. The monoisotopic (exact) mass is 220 g/mol. The van der Waals surface area contributed by atoms with Gasteiger partial charge in [-0.25, -0.2) is 0 Å². The lowest BCUT2D eigenvalue weighted by Gasteiger charge is -2.30. The summed E-state index contributed by atoms with van der Waals surface area (Å²) in [5, 5.41) is 11.8. The van der Waals surface area contributed by atoms with Crippen LogP contribution in [0.25, 0.3) is 0 Å². The van der Waals surface area contributed by atoms with Crippen LogP contribution in [0.3, 0.4) is 0 Å². The summed E-state index contributed by atoms with van der Waals surface area (Å²) in [4.78, 5) is 6.68. The SMILES string of the molecule is [CH2-]N1CCc2nc(CNCCO)ccc2C1. The van der Waals surface area contributed by atoms with Gasteiger partial charge < -0.3 is 15.3 Å². The molecule has 2 heterocycles. The zero-order chi connectivity index (χ0) is 11.4. The second-order valence-corrected chi connectivity index (χ2v) is 4.11. The van der Waals surface area contributed by atoms with Crippen molar-refractivity contribution in [2.45, 2.75) is 19.5 Å². The van der Waals surface area contributed by atoms with Gasteiger partial charge in [-0.2, -0.15) is 0 Å². The molecule has 0 saturated heterocycles. The van der Waals surface area contributed by atoms with Crippen molar-refractivity contribution in [2.75, 3.05) is 19.7 Å². The largest absolute Gasteiger partial charge is 0.455 e. The van der Waals surface area contributed by atoms with Crippen molar-refractivity contribution in [3.63, 3.8) is 0 Å². The number of nitrogens with one attached hydrogen (secondary N) is 1. The molecule has 0 amide bonds. The number of hydrogen-bond donors (Lipinski definition) is 2. The molecule has 0 spiro atoms. The summed E-state index contributed by atoms with van der Waals surface area (Å²) >= 11 is 0. The summed E-state index contributed by atoms with van der Waals surface area (Å²) in [6.07, 6.45) is 0.979. The Labute approximate surface area is 96.3 Å². The van der Waals surface area contributed by atoms with Crippen LogP contribution in [-0.2, 0) is 19.5 Å². The summed E-state index contributed by atoms with van der Waals surface area (Å²) in [5.41, 5.74) is 3.53. The van der Waals surface area contributed by atoms with Gasteiger partial charge in [-0.05, 0) is 24.7 Å². The van der Waals surface area contributed by atoms with E-state index in [9.17, 15) is 0 Å². The molecule has 1 aliphatic rings. The number of aliphatic hydroxyl groups is 1. The van der Waals surface area contributed by atoms with E-state index in [2.05, 4.69) is 28.3 Å².